The number of aromatic hydroxyl groups is 2. The molecule has 0 saturated carbocycles. The van der Waals surface area contributed by atoms with Crippen LogP contribution in [0.1, 0.15) is 0 Å². The van der Waals surface area contributed by atoms with Crippen molar-refractivity contribution in [2.45, 2.75) is 0 Å². The van der Waals surface area contributed by atoms with E-state index in [0.717, 1.165) is 26.9 Å². The fourth-order valence-electron chi connectivity index (χ4n) is 2.78. The minimum atomic E-state index is 0.205. The summed E-state index contributed by atoms with van der Waals surface area (Å²) in [6.07, 6.45) is 0. The highest BCUT2D eigenvalue weighted by molar-refractivity contribution is 6.25. The van der Waals surface area contributed by atoms with Crippen molar-refractivity contribution in [2.75, 3.05) is 0 Å². The van der Waals surface area contributed by atoms with E-state index in [4.69, 9.17) is 0 Å². The Kier molecular flexibility index (Phi) is 1.61. The Labute approximate surface area is 103 Å². The maximum absolute atomic E-state index is 10.1. The van der Waals surface area contributed by atoms with Gasteiger partial charge in [-0.2, -0.15) is 0 Å². The van der Waals surface area contributed by atoms with Gasteiger partial charge in [-0.15, -0.1) is 0 Å². The van der Waals surface area contributed by atoms with Crippen LogP contribution >= 0.6 is 0 Å². The Morgan fingerprint density at radius 3 is 2.11 bits per heavy atom. The molecule has 0 bridgehead atoms. The highest BCUT2D eigenvalue weighted by Crippen LogP contribution is 2.41. The Balaban J connectivity index is 2.49. The first-order valence-corrected chi connectivity index (χ1v) is 5.84. The topological polar surface area (TPSA) is 40.5 Å². The van der Waals surface area contributed by atoms with Crippen molar-refractivity contribution in [1.82, 2.24) is 0 Å². The normalized spacial score (nSPS) is 11.8. The molecule has 0 spiro atoms. The summed E-state index contributed by atoms with van der Waals surface area (Å²) in [6.45, 7) is 0. The molecule has 0 atom stereocenters. The van der Waals surface area contributed by atoms with Gasteiger partial charge in [-0.1, -0.05) is 36.4 Å². The number of hydrogen-bond donors (Lipinski definition) is 2. The number of phenols is 2. The lowest BCUT2D eigenvalue weighted by Gasteiger charge is -2.12. The quantitative estimate of drug-likeness (QED) is 0.451. The minimum absolute atomic E-state index is 0.205. The molecule has 0 aliphatic rings. The van der Waals surface area contributed by atoms with E-state index < -0.39 is 0 Å². The molecule has 2 N–H and O–H groups in total. The fourth-order valence-corrected chi connectivity index (χ4v) is 2.78. The summed E-state index contributed by atoms with van der Waals surface area (Å²) < 4.78 is 0. The summed E-state index contributed by atoms with van der Waals surface area (Å²) >= 11 is 0. The molecule has 2 nitrogen and oxygen atoms in total. The van der Waals surface area contributed by atoms with E-state index in [2.05, 4.69) is 0 Å². The number of benzene rings is 4. The molecular weight excluding hydrogens is 224 g/mol. The molecule has 0 saturated heterocycles. The van der Waals surface area contributed by atoms with E-state index in [1.807, 2.05) is 36.4 Å². The Bertz CT molecular complexity index is 879. The molecule has 0 aromatic heterocycles. The van der Waals surface area contributed by atoms with E-state index in [0.29, 0.717) is 5.39 Å². The van der Waals surface area contributed by atoms with Crippen LogP contribution < -0.4 is 0 Å². The average molecular weight is 234 g/mol. The molecule has 86 valence electrons. The highest BCUT2D eigenvalue weighted by atomic mass is 16.3. The molecule has 0 unspecified atom stereocenters. The van der Waals surface area contributed by atoms with E-state index in [-0.39, 0.29) is 11.5 Å². The summed E-state index contributed by atoms with van der Waals surface area (Å²) in [5.74, 6) is 0.415. The fraction of sp³-hybridized carbons (Fsp3) is 0. The van der Waals surface area contributed by atoms with Gasteiger partial charge in [0.05, 0.1) is 0 Å². The van der Waals surface area contributed by atoms with Gasteiger partial charge >= 0.3 is 0 Å². The van der Waals surface area contributed by atoms with Crippen molar-refractivity contribution >= 4 is 32.3 Å². The standard InChI is InChI=1S/C16H10O2/c17-13-7-6-10-5-4-9-2-1-3-11-14(18)8-12(13)16(10)15(9)11/h1-8,17-18H. The van der Waals surface area contributed by atoms with E-state index in [9.17, 15) is 10.2 Å². The van der Waals surface area contributed by atoms with Gasteiger partial charge in [-0.25, -0.2) is 0 Å². The average Bonchev–Trinajstić information content (AvgIpc) is 2.40. The number of phenolic OH excluding ortho intramolecular Hbond substituents is 2. The predicted octanol–water partition coefficient (Wildman–Crippen LogP) is 4.00. The molecule has 0 fully saturated rings. The lowest BCUT2D eigenvalue weighted by molar-refractivity contribution is 0.475. The molecule has 4 aromatic carbocycles. The summed E-state index contributed by atoms with van der Waals surface area (Å²) in [5, 5.41) is 25.8. The van der Waals surface area contributed by atoms with Crippen molar-refractivity contribution in [3.63, 3.8) is 0 Å². The first-order valence-electron chi connectivity index (χ1n) is 5.84. The van der Waals surface area contributed by atoms with E-state index in [1.54, 1.807) is 12.1 Å². The molecule has 0 radical (unpaired) electrons. The second kappa shape index (κ2) is 3.05. The lowest BCUT2D eigenvalue weighted by atomic mass is 9.93. The van der Waals surface area contributed by atoms with Crippen molar-refractivity contribution < 1.29 is 10.2 Å². The molecule has 0 aliphatic heterocycles. The molecule has 4 aromatic rings. The van der Waals surface area contributed by atoms with Crippen molar-refractivity contribution in [1.29, 1.82) is 0 Å². The molecule has 0 aliphatic carbocycles. The maximum Gasteiger partial charge on any atom is 0.124 e. The van der Waals surface area contributed by atoms with Crippen LogP contribution in [-0.4, -0.2) is 10.2 Å². The second-order valence-corrected chi connectivity index (χ2v) is 4.60. The van der Waals surface area contributed by atoms with Gasteiger partial charge in [-0.3, -0.25) is 0 Å². The van der Waals surface area contributed by atoms with Crippen LogP contribution in [0.2, 0.25) is 0 Å². The zero-order valence-corrected chi connectivity index (χ0v) is 9.51. The lowest BCUT2D eigenvalue weighted by Crippen LogP contribution is -1.84. The van der Waals surface area contributed by atoms with Crippen LogP contribution in [-0.2, 0) is 0 Å². The summed E-state index contributed by atoms with van der Waals surface area (Å²) in [4.78, 5) is 0. The van der Waals surface area contributed by atoms with Gasteiger partial charge in [0.2, 0.25) is 0 Å². The third kappa shape index (κ3) is 1.02. The van der Waals surface area contributed by atoms with Gasteiger partial charge < -0.3 is 10.2 Å². The summed E-state index contributed by atoms with van der Waals surface area (Å²) in [7, 11) is 0. The van der Waals surface area contributed by atoms with Gasteiger partial charge in [0.1, 0.15) is 11.5 Å². The van der Waals surface area contributed by atoms with Crippen LogP contribution in [0, 0.1) is 0 Å². The highest BCUT2D eigenvalue weighted by Gasteiger charge is 2.12. The van der Waals surface area contributed by atoms with Gasteiger partial charge in [0.25, 0.3) is 0 Å². The SMILES string of the molecule is Oc1cc2c(O)ccc3ccc4cccc1c4c32. The van der Waals surface area contributed by atoms with Gasteiger partial charge in [0, 0.05) is 21.5 Å². The predicted molar refractivity (Wildman–Crippen MR) is 73.5 cm³/mol. The summed E-state index contributed by atoms with van der Waals surface area (Å²) in [6, 6.07) is 15.1. The van der Waals surface area contributed by atoms with Crippen LogP contribution in [0.3, 0.4) is 0 Å². The summed E-state index contributed by atoms with van der Waals surface area (Å²) in [5.41, 5.74) is 0. The Hall–Kier alpha value is -2.48. The molecule has 4 rings (SSSR count). The van der Waals surface area contributed by atoms with Crippen molar-refractivity contribution in [3.05, 3.63) is 48.5 Å². The third-order valence-corrected chi connectivity index (χ3v) is 3.60. The van der Waals surface area contributed by atoms with Crippen LogP contribution in [0.4, 0.5) is 0 Å². The number of hydrogen-bond acceptors (Lipinski definition) is 2. The van der Waals surface area contributed by atoms with Crippen LogP contribution in [0.25, 0.3) is 32.3 Å². The third-order valence-electron chi connectivity index (χ3n) is 3.60. The number of rotatable bonds is 0. The van der Waals surface area contributed by atoms with Gasteiger partial charge in [-0.05, 0) is 22.9 Å². The smallest absolute Gasteiger partial charge is 0.124 e. The zero-order valence-electron chi connectivity index (χ0n) is 9.51. The van der Waals surface area contributed by atoms with E-state index >= 15 is 0 Å². The van der Waals surface area contributed by atoms with Gasteiger partial charge in [0.15, 0.2) is 0 Å². The molecular formula is C16H10O2. The largest absolute Gasteiger partial charge is 0.507 e. The first-order chi connectivity index (χ1) is 8.75. The van der Waals surface area contributed by atoms with Crippen molar-refractivity contribution in [2.24, 2.45) is 0 Å². The zero-order chi connectivity index (χ0) is 12.3. The molecule has 2 heteroatoms. The van der Waals surface area contributed by atoms with Crippen LogP contribution in [0.15, 0.2) is 48.5 Å². The Morgan fingerprint density at radius 1 is 0.611 bits per heavy atom. The maximum atomic E-state index is 10.1. The monoisotopic (exact) mass is 234 g/mol. The van der Waals surface area contributed by atoms with Crippen LogP contribution in [0.5, 0.6) is 11.5 Å². The second-order valence-electron chi connectivity index (χ2n) is 4.60. The molecule has 18 heavy (non-hydrogen) atoms. The minimum Gasteiger partial charge on any atom is -0.507 e. The van der Waals surface area contributed by atoms with Crippen molar-refractivity contribution in [3.8, 4) is 11.5 Å². The molecule has 0 heterocycles. The Morgan fingerprint density at radius 2 is 1.28 bits per heavy atom. The van der Waals surface area contributed by atoms with E-state index in [1.165, 1.54) is 0 Å². The molecule has 0 amide bonds. The first kappa shape index (κ1) is 9.54.